The van der Waals surface area contributed by atoms with Gasteiger partial charge in [0.1, 0.15) is 18.2 Å². The van der Waals surface area contributed by atoms with E-state index in [0.717, 1.165) is 27.9 Å². The summed E-state index contributed by atoms with van der Waals surface area (Å²) >= 11 is 7.55. The van der Waals surface area contributed by atoms with Gasteiger partial charge in [-0.05, 0) is 42.3 Å². The lowest BCUT2D eigenvalue weighted by Gasteiger charge is -2.07. The lowest BCUT2D eigenvalue weighted by atomic mass is 10.2. The molecule has 0 fully saturated rings. The van der Waals surface area contributed by atoms with E-state index in [2.05, 4.69) is 10.2 Å². The Morgan fingerprint density at radius 1 is 1.20 bits per heavy atom. The molecular formula is C18H17ClFN3OS. The molecule has 0 bridgehead atoms. The Morgan fingerprint density at radius 2 is 2.04 bits per heavy atom. The monoisotopic (exact) mass is 377 g/mol. The van der Waals surface area contributed by atoms with E-state index in [1.54, 1.807) is 6.07 Å². The summed E-state index contributed by atoms with van der Waals surface area (Å²) in [6.07, 6.45) is 0. The number of aryl methyl sites for hydroxylation is 1. The van der Waals surface area contributed by atoms with Crippen LogP contribution in [0.25, 0.3) is 0 Å². The predicted molar refractivity (Wildman–Crippen MR) is 97.5 cm³/mol. The van der Waals surface area contributed by atoms with E-state index < -0.39 is 0 Å². The zero-order chi connectivity index (χ0) is 17.8. The molecule has 0 saturated heterocycles. The number of thioether (sulfide) groups is 1. The van der Waals surface area contributed by atoms with Crippen LogP contribution in [0.1, 0.15) is 17.0 Å². The quantitative estimate of drug-likeness (QED) is 0.579. The highest BCUT2D eigenvalue weighted by molar-refractivity contribution is 7.98. The molecule has 2 aromatic carbocycles. The molecule has 0 N–H and O–H groups in total. The maximum atomic E-state index is 13.1. The maximum absolute atomic E-state index is 13.1. The van der Waals surface area contributed by atoms with Gasteiger partial charge >= 0.3 is 0 Å². The highest BCUT2D eigenvalue weighted by atomic mass is 35.5. The van der Waals surface area contributed by atoms with Crippen LogP contribution < -0.4 is 4.74 Å². The van der Waals surface area contributed by atoms with E-state index in [-0.39, 0.29) is 5.82 Å². The molecule has 25 heavy (non-hydrogen) atoms. The summed E-state index contributed by atoms with van der Waals surface area (Å²) in [6.45, 7) is 2.36. The third-order valence-corrected chi connectivity index (χ3v) is 5.08. The number of hydrogen-bond donors (Lipinski definition) is 0. The molecule has 4 nitrogen and oxygen atoms in total. The number of ether oxygens (including phenoxy) is 1. The zero-order valence-corrected chi connectivity index (χ0v) is 15.4. The first-order chi connectivity index (χ1) is 12.0. The summed E-state index contributed by atoms with van der Waals surface area (Å²) < 4.78 is 20.7. The summed E-state index contributed by atoms with van der Waals surface area (Å²) in [4.78, 5) is 0. The molecule has 0 unspecified atom stereocenters. The van der Waals surface area contributed by atoms with Gasteiger partial charge in [0.2, 0.25) is 0 Å². The van der Waals surface area contributed by atoms with Gasteiger partial charge in [-0.2, -0.15) is 0 Å². The SMILES string of the molecule is Cc1cccc(OCc2nnc(SCc3ccc(F)cc3Cl)n2C)c1. The fraction of sp³-hybridized carbons (Fsp3) is 0.222. The molecular weight excluding hydrogens is 361 g/mol. The van der Waals surface area contributed by atoms with Crippen LogP contribution in [-0.2, 0) is 19.4 Å². The van der Waals surface area contributed by atoms with Gasteiger partial charge in [-0.15, -0.1) is 10.2 Å². The van der Waals surface area contributed by atoms with Crippen molar-refractivity contribution in [2.45, 2.75) is 24.4 Å². The molecule has 3 aromatic rings. The number of halogens is 2. The van der Waals surface area contributed by atoms with Gasteiger partial charge in [0.15, 0.2) is 11.0 Å². The van der Waals surface area contributed by atoms with Crippen LogP contribution in [0.5, 0.6) is 5.75 Å². The lowest BCUT2D eigenvalue weighted by molar-refractivity contribution is 0.290. The molecule has 1 heterocycles. The first-order valence-corrected chi connectivity index (χ1v) is 9.04. The van der Waals surface area contributed by atoms with E-state index in [9.17, 15) is 4.39 Å². The summed E-state index contributed by atoms with van der Waals surface area (Å²) in [5.74, 6) is 1.78. The number of hydrogen-bond acceptors (Lipinski definition) is 4. The van der Waals surface area contributed by atoms with Crippen molar-refractivity contribution in [1.29, 1.82) is 0 Å². The van der Waals surface area contributed by atoms with Crippen LogP contribution >= 0.6 is 23.4 Å². The minimum absolute atomic E-state index is 0.338. The summed E-state index contributed by atoms with van der Waals surface area (Å²) in [5, 5.41) is 9.53. The highest BCUT2D eigenvalue weighted by Crippen LogP contribution is 2.26. The first kappa shape index (κ1) is 17.8. The van der Waals surface area contributed by atoms with Crippen molar-refractivity contribution in [3.05, 3.63) is 70.3 Å². The fourth-order valence-electron chi connectivity index (χ4n) is 2.23. The van der Waals surface area contributed by atoms with Gasteiger partial charge in [0, 0.05) is 17.8 Å². The standard InChI is InChI=1S/C18H17ClFN3OS/c1-12-4-3-5-15(8-12)24-10-17-21-22-18(23(17)2)25-11-13-6-7-14(20)9-16(13)19/h3-9H,10-11H2,1-2H3. The van der Waals surface area contributed by atoms with Gasteiger partial charge in [0.05, 0.1) is 0 Å². The molecule has 3 rings (SSSR count). The minimum Gasteiger partial charge on any atom is -0.486 e. The van der Waals surface area contributed by atoms with Crippen molar-refractivity contribution >= 4 is 23.4 Å². The highest BCUT2D eigenvalue weighted by Gasteiger charge is 2.11. The molecule has 0 atom stereocenters. The van der Waals surface area contributed by atoms with Crippen LogP contribution in [0.15, 0.2) is 47.6 Å². The van der Waals surface area contributed by atoms with Crippen LogP contribution in [0.4, 0.5) is 4.39 Å². The van der Waals surface area contributed by atoms with Crippen LogP contribution in [0.2, 0.25) is 5.02 Å². The molecule has 0 aliphatic rings. The Balaban J connectivity index is 1.62. The predicted octanol–water partition coefficient (Wildman–Crippen LogP) is 4.79. The summed E-state index contributed by atoms with van der Waals surface area (Å²) in [5.41, 5.74) is 2.00. The Kier molecular flexibility index (Phi) is 5.60. The topological polar surface area (TPSA) is 39.9 Å². The molecule has 0 aliphatic heterocycles. The second kappa shape index (κ2) is 7.89. The average molecular weight is 378 g/mol. The van der Waals surface area contributed by atoms with Crippen molar-refractivity contribution < 1.29 is 9.13 Å². The molecule has 130 valence electrons. The van der Waals surface area contributed by atoms with Crippen molar-refractivity contribution in [3.63, 3.8) is 0 Å². The van der Waals surface area contributed by atoms with E-state index >= 15 is 0 Å². The van der Waals surface area contributed by atoms with Gasteiger partial charge < -0.3 is 9.30 Å². The molecule has 1 aromatic heterocycles. The van der Waals surface area contributed by atoms with Crippen LogP contribution in [0.3, 0.4) is 0 Å². The third-order valence-electron chi connectivity index (χ3n) is 3.65. The van der Waals surface area contributed by atoms with Gasteiger partial charge in [-0.25, -0.2) is 4.39 Å². The molecule has 0 aliphatic carbocycles. The molecule has 0 spiro atoms. The van der Waals surface area contributed by atoms with E-state index in [4.69, 9.17) is 16.3 Å². The third kappa shape index (κ3) is 4.52. The first-order valence-electron chi connectivity index (χ1n) is 7.67. The van der Waals surface area contributed by atoms with Crippen molar-refractivity contribution in [3.8, 4) is 5.75 Å². The summed E-state index contributed by atoms with van der Waals surface area (Å²) in [6, 6.07) is 12.3. The largest absolute Gasteiger partial charge is 0.486 e. The van der Waals surface area contributed by atoms with Crippen molar-refractivity contribution in [1.82, 2.24) is 14.8 Å². The number of rotatable bonds is 6. The molecule has 0 amide bonds. The number of aromatic nitrogens is 3. The second-order valence-corrected chi connectivity index (χ2v) is 6.94. The molecule has 0 radical (unpaired) electrons. The van der Waals surface area contributed by atoms with E-state index in [0.29, 0.717) is 17.4 Å². The minimum atomic E-state index is -0.340. The van der Waals surface area contributed by atoms with Gasteiger partial charge in [0.25, 0.3) is 0 Å². The van der Waals surface area contributed by atoms with E-state index in [1.807, 2.05) is 42.8 Å². The van der Waals surface area contributed by atoms with E-state index in [1.165, 1.54) is 23.9 Å². The second-order valence-electron chi connectivity index (χ2n) is 5.59. The van der Waals surface area contributed by atoms with Gasteiger partial charge in [-0.3, -0.25) is 0 Å². The molecule has 7 heteroatoms. The zero-order valence-electron chi connectivity index (χ0n) is 13.9. The fourth-order valence-corrected chi connectivity index (χ4v) is 3.48. The molecule has 0 saturated carbocycles. The summed E-state index contributed by atoms with van der Waals surface area (Å²) in [7, 11) is 1.89. The van der Waals surface area contributed by atoms with Crippen molar-refractivity contribution in [2.75, 3.05) is 0 Å². The Hall–Kier alpha value is -2.05. The number of benzene rings is 2. The smallest absolute Gasteiger partial charge is 0.191 e. The number of nitrogens with zero attached hydrogens (tertiary/aromatic N) is 3. The lowest BCUT2D eigenvalue weighted by Crippen LogP contribution is -2.04. The van der Waals surface area contributed by atoms with Crippen molar-refractivity contribution in [2.24, 2.45) is 7.05 Å². The Labute approximate surface area is 155 Å². The Morgan fingerprint density at radius 3 is 2.80 bits per heavy atom. The van der Waals surface area contributed by atoms with Crippen LogP contribution in [0, 0.1) is 12.7 Å². The Bertz CT molecular complexity index is 885. The normalized spacial score (nSPS) is 10.9. The maximum Gasteiger partial charge on any atom is 0.191 e. The van der Waals surface area contributed by atoms with Gasteiger partial charge in [-0.1, -0.05) is 41.6 Å². The average Bonchev–Trinajstić information content (AvgIpc) is 2.92. The van der Waals surface area contributed by atoms with Crippen LogP contribution in [-0.4, -0.2) is 14.8 Å².